The van der Waals surface area contributed by atoms with Crippen LogP contribution >= 0.6 is 0 Å². The fourth-order valence-electron chi connectivity index (χ4n) is 0. The molecule has 0 aromatic rings. The van der Waals surface area contributed by atoms with E-state index >= 15 is 0 Å². The second kappa shape index (κ2) is 43.5. The molecule has 0 bridgehead atoms. The van der Waals surface area contributed by atoms with E-state index in [1.54, 1.807) is 0 Å². The predicted octanol–water partition coefficient (Wildman–Crippen LogP) is -0.740. The molecule has 0 aliphatic carbocycles. The van der Waals surface area contributed by atoms with Crippen LogP contribution in [0, 0.1) is 35.6 Å². The Morgan fingerprint density at radius 2 is 1.00 bits per heavy atom. The molecular formula is BaCuLaO3+. The zero-order valence-electron chi connectivity index (χ0n) is 2.81. The number of rotatable bonds is 0. The SMILES string of the molecule is [Ba+2].[La+3].[O-2].[O-2].[O]=[Cu]. The minimum absolute atomic E-state index is 0. The van der Waals surface area contributed by atoms with Crippen molar-refractivity contribution in [3.8, 4) is 0 Å². The average Bonchev–Trinajstić information content (AvgIpc) is 1.00. The number of hydrogen-bond donors (Lipinski definition) is 0. The van der Waals surface area contributed by atoms with Gasteiger partial charge in [-0.15, -0.1) is 0 Å². The Kier molecular flexibility index (Phi) is 261. The Labute approximate surface area is 112 Å². The van der Waals surface area contributed by atoms with Crippen LogP contribution in [0.2, 0.25) is 0 Å². The molecule has 0 spiro atoms. The molecule has 0 aliphatic heterocycles. The minimum atomic E-state index is 0. The van der Waals surface area contributed by atoms with Crippen molar-refractivity contribution < 1.29 is 66.3 Å². The van der Waals surface area contributed by atoms with E-state index in [0.717, 1.165) is 0 Å². The molecule has 0 saturated carbocycles. The summed E-state index contributed by atoms with van der Waals surface area (Å²) in [5, 5.41) is 0. The van der Waals surface area contributed by atoms with E-state index in [0.29, 0.717) is 0 Å². The first-order chi connectivity index (χ1) is 1.00. The van der Waals surface area contributed by atoms with Crippen molar-refractivity contribution in [2.24, 2.45) is 0 Å². The predicted molar refractivity (Wildman–Crippen MR) is 7.81 cm³/mol. The third-order valence-electron chi connectivity index (χ3n) is 0. The molecule has 6 heteroatoms. The summed E-state index contributed by atoms with van der Waals surface area (Å²) in [7, 11) is 0. The van der Waals surface area contributed by atoms with Gasteiger partial charge >= 0.3 is 104 Å². The molecule has 0 aromatic heterocycles. The van der Waals surface area contributed by atoms with Gasteiger partial charge in [0.15, 0.2) is 0 Å². The Balaban J connectivity index is -0.000000000833. The van der Waals surface area contributed by atoms with E-state index in [9.17, 15) is 0 Å². The molecule has 0 aromatic carbocycles. The van der Waals surface area contributed by atoms with Crippen molar-refractivity contribution in [2.75, 3.05) is 0 Å². The molecule has 6 heavy (non-hydrogen) atoms. The van der Waals surface area contributed by atoms with E-state index in [1.807, 2.05) is 0 Å². The van der Waals surface area contributed by atoms with Crippen molar-refractivity contribution >= 4 is 48.9 Å². The molecule has 33 valence electrons. The van der Waals surface area contributed by atoms with Gasteiger partial charge in [-0.05, 0) is 0 Å². The van der Waals surface area contributed by atoms with Gasteiger partial charge in [-0.3, -0.25) is 0 Å². The van der Waals surface area contributed by atoms with Crippen LogP contribution in [-0.2, 0) is 30.7 Å². The van der Waals surface area contributed by atoms with Gasteiger partial charge in [-0.25, -0.2) is 0 Å². The second-order valence-electron chi connectivity index (χ2n) is 0. The molecule has 0 rings (SSSR count). The summed E-state index contributed by atoms with van der Waals surface area (Å²) in [6.07, 6.45) is 0. The van der Waals surface area contributed by atoms with Crippen LogP contribution in [0.4, 0.5) is 0 Å². The van der Waals surface area contributed by atoms with E-state index in [1.165, 1.54) is 0 Å². The zero-order chi connectivity index (χ0) is 2.00. The van der Waals surface area contributed by atoms with Gasteiger partial charge < -0.3 is 11.0 Å². The van der Waals surface area contributed by atoms with E-state index in [2.05, 4.69) is 15.9 Å². The molecule has 0 unspecified atom stereocenters. The van der Waals surface area contributed by atoms with E-state index < -0.39 is 0 Å². The first-order valence-electron chi connectivity index (χ1n) is 0.123. The van der Waals surface area contributed by atoms with E-state index in [4.69, 9.17) is 3.83 Å². The zero-order valence-corrected chi connectivity index (χ0v) is 11.8. The molecule has 0 aliphatic rings. The van der Waals surface area contributed by atoms with Gasteiger partial charge in [0.25, 0.3) is 0 Å². The van der Waals surface area contributed by atoms with Gasteiger partial charge in [0.2, 0.25) is 0 Å². The normalized spacial score (nSPS) is 1.00. The Bertz CT molecular complexity index is 10.8. The molecule has 0 N–H and O–H groups in total. The second-order valence-corrected chi connectivity index (χ2v) is 0. The Morgan fingerprint density at radius 3 is 1.00 bits per heavy atom. The van der Waals surface area contributed by atoms with Crippen LogP contribution in [0.3, 0.4) is 0 Å². The van der Waals surface area contributed by atoms with Gasteiger partial charge in [-0.2, -0.15) is 0 Å². The summed E-state index contributed by atoms with van der Waals surface area (Å²) in [6, 6.07) is 0. The van der Waals surface area contributed by atoms with Crippen LogP contribution in [0.1, 0.15) is 0 Å². The third kappa shape index (κ3) is 28.0. The topological polar surface area (TPSA) is 74.1 Å². The molecular weight excluding hydrogens is 388 g/mol. The van der Waals surface area contributed by atoms with Crippen LogP contribution < -0.4 is 0 Å². The van der Waals surface area contributed by atoms with Crippen LogP contribution in [-0.4, -0.2) is 48.9 Å². The molecule has 0 atom stereocenters. The van der Waals surface area contributed by atoms with Crippen LogP contribution in [0.5, 0.6) is 0 Å². The standard InChI is InChI=1S/Ba.Cu.La.3O/q+2;;+3;;2*-2. The van der Waals surface area contributed by atoms with Crippen LogP contribution in [0.25, 0.3) is 0 Å². The fourth-order valence-corrected chi connectivity index (χ4v) is 0. The van der Waals surface area contributed by atoms with Crippen molar-refractivity contribution in [1.29, 1.82) is 0 Å². The first-order valence-corrected chi connectivity index (χ1v) is 0.508. The summed E-state index contributed by atoms with van der Waals surface area (Å²) in [5.41, 5.74) is 0. The average molecular weight is 388 g/mol. The molecule has 0 amide bonds. The summed E-state index contributed by atoms with van der Waals surface area (Å²) in [6.45, 7) is 0. The summed E-state index contributed by atoms with van der Waals surface area (Å²) in [5.74, 6) is 0. The van der Waals surface area contributed by atoms with Crippen molar-refractivity contribution in [2.45, 2.75) is 0 Å². The molecule has 0 saturated heterocycles. The first kappa shape index (κ1) is 36.0. The molecule has 0 heterocycles. The van der Waals surface area contributed by atoms with Gasteiger partial charge in [0.05, 0.1) is 0 Å². The maximum absolute atomic E-state index is 7.81. The van der Waals surface area contributed by atoms with Crippen molar-refractivity contribution in [3.05, 3.63) is 0 Å². The Hall–Kier alpha value is 3.01. The molecule has 3 nitrogen and oxygen atoms in total. The quantitative estimate of drug-likeness (QED) is 0.505. The van der Waals surface area contributed by atoms with Gasteiger partial charge in [0.1, 0.15) is 0 Å². The fraction of sp³-hybridized carbons (Fsp3) is 0. The van der Waals surface area contributed by atoms with Crippen molar-refractivity contribution in [1.82, 2.24) is 0 Å². The summed E-state index contributed by atoms with van der Waals surface area (Å²) < 4.78 is 7.81. The van der Waals surface area contributed by atoms with Crippen molar-refractivity contribution in [3.63, 3.8) is 0 Å². The third-order valence-corrected chi connectivity index (χ3v) is 0. The van der Waals surface area contributed by atoms with E-state index in [-0.39, 0.29) is 95.4 Å². The molecule has 0 fully saturated rings. The molecule has 0 radical (unpaired) electrons. The summed E-state index contributed by atoms with van der Waals surface area (Å²) in [4.78, 5) is 0. The monoisotopic (exact) mass is 388 g/mol. The summed E-state index contributed by atoms with van der Waals surface area (Å²) >= 11 is 2.94. The number of hydrogen-bond acceptors (Lipinski definition) is 1. The van der Waals surface area contributed by atoms with Gasteiger partial charge in [-0.1, -0.05) is 0 Å². The Morgan fingerprint density at radius 1 is 1.00 bits per heavy atom. The maximum atomic E-state index is 7.81. The van der Waals surface area contributed by atoms with Gasteiger partial charge in [0, 0.05) is 0 Å². The van der Waals surface area contributed by atoms with Crippen LogP contribution in [0.15, 0.2) is 0 Å².